The zero-order chi connectivity index (χ0) is 15.1. The number of hydrogen-bond donors (Lipinski definition) is 1. The van der Waals surface area contributed by atoms with Gasteiger partial charge in [-0.05, 0) is 37.0 Å². The maximum atomic E-state index is 12.2. The SMILES string of the molecule is O=c1[nH]c(C2CC2)nc2c1CCN(Cc1cccc(Br)c1)C2. The number of nitrogens with zero attached hydrogens (tertiary/aromatic N) is 2. The highest BCUT2D eigenvalue weighted by molar-refractivity contribution is 9.10. The molecule has 22 heavy (non-hydrogen) atoms. The third-order valence-corrected chi connectivity index (χ3v) is 4.92. The van der Waals surface area contributed by atoms with Crippen LogP contribution in [-0.4, -0.2) is 21.4 Å². The Labute approximate surface area is 137 Å². The number of nitrogens with one attached hydrogen (secondary N) is 1. The molecule has 1 aromatic carbocycles. The Morgan fingerprint density at radius 1 is 1.36 bits per heavy atom. The van der Waals surface area contributed by atoms with Gasteiger partial charge < -0.3 is 4.98 Å². The Morgan fingerprint density at radius 3 is 3.00 bits per heavy atom. The van der Waals surface area contributed by atoms with Gasteiger partial charge in [0, 0.05) is 35.6 Å². The third-order valence-electron chi connectivity index (χ3n) is 4.43. The van der Waals surface area contributed by atoms with E-state index >= 15 is 0 Å². The predicted molar refractivity (Wildman–Crippen MR) is 88.8 cm³/mol. The van der Waals surface area contributed by atoms with Gasteiger partial charge in [-0.25, -0.2) is 4.98 Å². The lowest BCUT2D eigenvalue weighted by molar-refractivity contribution is 0.240. The van der Waals surface area contributed by atoms with Crippen molar-refractivity contribution in [2.24, 2.45) is 0 Å². The second kappa shape index (κ2) is 5.63. The zero-order valence-corrected chi connectivity index (χ0v) is 13.9. The van der Waals surface area contributed by atoms with Crippen LogP contribution in [0.25, 0.3) is 0 Å². The van der Waals surface area contributed by atoms with E-state index in [4.69, 9.17) is 4.98 Å². The molecule has 1 aliphatic carbocycles. The normalized spacial score (nSPS) is 18.2. The topological polar surface area (TPSA) is 49.0 Å². The number of benzene rings is 1. The maximum Gasteiger partial charge on any atom is 0.254 e. The zero-order valence-electron chi connectivity index (χ0n) is 12.3. The van der Waals surface area contributed by atoms with E-state index in [1.165, 1.54) is 5.56 Å². The molecule has 0 spiro atoms. The highest BCUT2D eigenvalue weighted by Gasteiger charge is 2.29. The molecule has 1 aliphatic heterocycles. The Morgan fingerprint density at radius 2 is 2.23 bits per heavy atom. The van der Waals surface area contributed by atoms with E-state index in [1.54, 1.807) is 0 Å². The van der Waals surface area contributed by atoms with Crippen LogP contribution in [0.4, 0.5) is 0 Å². The van der Waals surface area contributed by atoms with Gasteiger partial charge in [-0.3, -0.25) is 9.69 Å². The Bertz CT molecular complexity index is 767. The van der Waals surface area contributed by atoms with Crippen molar-refractivity contribution >= 4 is 15.9 Å². The lowest BCUT2D eigenvalue weighted by atomic mass is 10.1. The van der Waals surface area contributed by atoms with Gasteiger partial charge in [0.05, 0.1) is 5.69 Å². The van der Waals surface area contributed by atoms with Crippen LogP contribution in [0.2, 0.25) is 0 Å². The summed E-state index contributed by atoms with van der Waals surface area (Å²) in [4.78, 5) is 22.3. The first-order valence-corrected chi connectivity index (χ1v) is 8.57. The number of hydrogen-bond acceptors (Lipinski definition) is 3. The first-order chi connectivity index (χ1) is 10.7. The summed E-state index contributed by atoms with van der Waals surface area (Å²) in [5.74, 6) is 1.38. The molecule has 0 radical (unpaired) electrons. The van der Waals surface area contributed by atoms with Crippen LogP contribution in [0.15, 0.2) is 33.5 Å². The molecule has 0 saturated heterocycles. The highest BCUT2D eigenvalue weighted by atomic mass is 79.9. The minimum Gasteiger partial charge on any atom is -0.310 e. The van der Waals surface area contributed by atoms with Crippen LogP contribution < -0.4 is 5.56 Å². The molecule has 2 aromatic rings. The minimum absolute atomic E-state index is 0.0778. The van der Waals surface area contributed by atoms with Crippen LogP contribution in [0.5, 0.6) is 0 Å². The van der Waals surface area contributed by atoms with Gasteiger partial charge in [0.1, 0.15) is 5.82 Å². The van der Waals surface area contributed by atoms with Gasteiger partial charge in [-0.2, -0.15) is 0 Å². The fourth-order valence-corrected chi connectivity index (χ4v) is 3.54. The fourth-order valence-electron chi connectivity index (χ4n) is 3.09. The molecule has 1 N–H and O–H groups in total. The second-order valence-electron chi connectivity index (χ2n) is 6.24. The number of aromatic nitrogens is 2. The van der Waals surface area contributed by atoms with Crippen molar-refractivity contribution < 1.29 is 0 Å². The highest BCUT2D eigenvalue weighted by Crippen LogP contribution is 2.37. The van der Waals surface area contributed by atoms with E-state index in [0.29, 0.717) is 5.92 Å². The molecule has 1 fully saturated rings. The quantitative estimate of drug-likeness (QED) is 0.916. The van der Waals surface area contributed by atoms with Crippen molar-refractivity contribution in [2.45, 2.75) is 38.3 Å². The molecule has 0 amide bonds. The summed E-state index contributed by atoms with van der Waals surface area (Å²) in [5, 5.41) is 0. The monoisotopic (exact) mass is 359 g/mol. The Hall–Kier alpha value is -1.46. The van der Waals surface area contributed by atoms with E-state index in [2.05, 4.69) is 44.0 Å². The van der Waals surface area contributed by atoms with Gasteiger partial charge in [0.2, 0.25) is 0 Å². The Balaban J connectivity index is 1.56. The number of aromatic amines is 1. The number of halogens is 1. The van der Waals surface area contributed by atoms with Crippen LogP contribution in [-0.2, 0) is 19.5 Å². The Kier molecular flexibility index (Phi) is 3.62. The maximum absolute atomic E-state index is 12.2. The lowest BCUT2D eigenvalue weighted by Crippen LogP contribution is -2.35. The van der Waals surface area contributed by atoms with Crippen molar-refractivity contribution in [2.75, 3.05) is 6.54 Å². The van der Waals surface area contributed by atoms with E-state index in [1.807, 2.05) is 6.07 Å². The van der Waals surface area contributed by atoms with Crippen molar-refractivity contribution in [3.63, 3.8) is 0 Å². The largest absolute Gasteiger partial charge is 0.310 e. The van der Waals surface area contributed by atoms with Gasteiger partial charge in [-0.15, -0.1) is 0 Å². The molecule has 5 heteroatoms. The molecule has 0 atom stereocenters. The minimum atomic E-state index is 0.0778. The summed E-state index contributed by atoms with van der Waals surface area (Å²) in [6, 6.07) is 8.39. The van der Waals surface area contributed by atoms with Crippen LogP contribution in [0.3, 0.4) is 0 Å². The molecular weight excluding hydrogens is 342 g/mol. The van der Waals surface area contributed by atoms with Gasteiger partial charge in [0.15, 0.2) is 0 Å². The third kappa shape index (κ3) is 2.88. The number of rotatable bonds is 3. The molecule has 4 rings (SSSR count). The second-order valence-corrected chi connectivity index (χ2v) is 7.16. The van der Waals surface area contributed by atoms with E-state index in [9.17, 15) is 4.79 Å². The number of fused-ring (bicyclic) bond motifs is 1. The summed E-state index contributed by atoms with van der Waals surface area (Å²) < 4.78 is 1.10. The lowest BCUT2D eigenvalue weighted by Gasteiger charge is -2.27. The molecule has 1 saturated carbocycles. The van der Waals surface area contributed by atoms with Crippen LogP contribution >= 0.6 is 15.9 Å². The van der Waals surface area contributed by atoms with Crippen molar-refractivity contribution in [1.82, 2.24) is 14.9 Å². The fraction of sp³-hybridized carbons (Fsp3) is 0.412. The summed E-state index contributed by atoms with van der Waals surface area (Å²) >= 11 is 3.52. The average molecular weight is 360 g/mol. The molecule has 0 bridgehead atoms. The smallest absolute Gasteiger partial charge is 0.254 e. The molecule has 4 nitrogen and oxygen atoms in total. The average Bonchev–Trinajstić information content (AvgIpc) is 3.31. The number of H-pyrrole nitrogens is 1. The standard InChI is InChI=1S/C17H18BrN3O/c18-13-3-1-2-11(8-13)9-21-7-6-14-15(10-21)19-16(12-4-5-12)20-17(14)22/h1-3,8,12H,4-7,9-10H2,(H,19,20,22). The molecular formula is C17H18BrN3O. The van der Waals surface area contributed by atoms with Crippen molar-refractivity contribution in [3.05, 3.63) is 61.7 Å². The summed E-state index contributed by atoms with van der Waals surface area (Å²) in [6.45, 7) is 2.57. The van der Waals surface area contributed by atoms with E-state index < -0.39 is 0 Å². The van der Waals surface area contributed by atoms with Gasteiger partial charge in [-0.1, -0.05) is 28.1 Å². The molecule has 1 aromatic heterocycles. The first-order valence-electron chi connectivity index (χ1n) is 7.78. The van der Waals surface area contributed by atoms with Crippen LogP contribution in [0.1, 0.15) is 41.4 Å². The summed E-state index contributed by atoms with van der Waals surface area (Å²) in [7, 11) is 0. The van der Waals surface area contributed by atoms with Crippen molar-refractivity contribution in [1.29, 1.82) is 0 Å². The summed E-state index contributed by atoms with van der Waals surface area (Å²) in [5.41, 5.74) is 3.22. The van der Waals surface area contributed by atoms with E-state index in [0.717, 1.165) is 60.5 Å². The molecule has 114 valence electrons. The molecule has 2 aliphatic rings. The van der Waals surface area contributed by atoms with Crippen molar-refractivity contribution in [3.8, 4) is 0 Å². The molecule has 0 unspecified atom stereocenters. The summed E-state index contributed by atoms with van der Waals surface area (Å²) in [6.07, 6.45) is 3.10. The van der Waals surface area contributed by atoms with Crippen LogP contribution in [0, 0.1) is 0 Å². The first kappa shape index (κ1) is 14.2. The van der Waals surface area contributed by atoms with Gasteiger partial charge in [0.25, 0.3) is 5.56 Å². The molecule has 2 heterocycles. The van der Waals surface area contributed by atoms with E-state index in [-0.39, 0.29) is 5.56 Å². The van der Waals surface area contributed by atoms with Gasteiger partial charge >= 0.3 is 0 Å². The predicted octanol–water partition coefficient (Wildman–Crippen LogP) is 2.97.